The van der Waals surface area contributed by atoms with Crippen LogP contribution in [-0.4, -0.2) is 41.1 Å². The second kappa shape index (κ2) is 5.98. The summed E-state index contributed by atoms with van der Waals surface area (Å²) in [5, 5.41) is 9.40. The van der Waals surface area contributed by atoms with Crippen LogP contribution < -0.4 is 5.73 Å². The molecule has 1 unspecified atom stereocenters. The maximum Gasteiger partial charge on any atom is 0.239 e. The third-order valence-electron chi connectivity index (χ3n) is 3.38. The monoisotopic (exact) mass is 248 g/mol. The number of β-amino-alcohol motifs (C(OH)–C–C–N with tert-alkyl or cyclic N) is 1. The quantitative estimate of drug-likeness (QED) is 0.817. The SMILES string of the molecule is N[C@@H](CCc1ccccc1)C(=O)N1CCC(O)C1. The fourth-order valence-corrected chi connectivity index (χ4v) is 2.27. The minimum atomic E-state index is -0.462. The molecule has 0 spiro atoms. The fourth-order valence-electron chi connectivity index (χ4n) is 2.27. The summed E-state index contributed by atoms with van der Waals surface area (Å²) in [7, 11) is 0. The summed E-state index contributed by atoms with van der Waals surface area (Å²) in [6.07, 6.45) is 1.74. The van der Waals surface area contributed by atoms with Gasteiger partial charge in [-0.3, -0.25) is 4.79 Å². The molecule has 0 saturated carbocycles. The normalized spacial score (nSPS) is 21.0. The van der Waals surface area contributed by atoms with Crippen molar-refractivity contribution in [2.45, 2.75) is 31.4 Å². The topological polar surface area (TPSA) is 66.6 Å². The van der Waals surface area contributed by atoms with Gasteiger partial charge >= 0.3 is 0 Å². The Hall–Kier alpha value is -1.39. The number of carbonyl (C=O) groups is 1. The van der Waals surface area contributed by atoms with E-state index in [0.29, 0.717) is 25.9 Å². The molecule has 3 N–H and O–H groups in total. The van der Waals surface area contributed by atoms with Gasteiger partial charge in [-0.2, -0.15) is 0 Å². The molecule has 1 aliphatic rings. The van der Waals surface area contributed by atoms with Gasteiger partial charge in [-0.05, 0) is 24.8 Å². The number of hydrogen-bond acceptors (Lipinski definition) is 3. The molecule has 0 aromatic heterocycles. The second-order valence-electron chi connectivity index (χ2n) is 4.86. The molecule has 1 aromatic rings. The van der Waals surface area contributed by atoms with Gasteiger partial charge in [0.05, 0.1) is 12.1 Å². The molecule has 4 heteroatoms. The van der Waals surface area contributed by atoms with Gasteiger partial charge in [0.15, 0.2) is 0 Å². The van der Waals surface area contributed by atoms with Crippen LogP contribution in [0.25, 0.3) is 0 Å². The van der Waals surface area contributed by atoms with Crippen LogP contribution in [0.2, 0.25) is 0 Å². The van der Waals surface area contributed by atoms with Gasteiger partial charge in [-0.25, -0.2) is 0 Å². The molecular weight excluding hydrogens is 228 g/mol. The van der Waals surface area contributed by atoms with Crippen molar-refractivity contribution < 1.29 is 9.90 Å². The molecule has 1 amide bonds. The van der Waals surface area contributed by atoms with E-state index >= 15 is 0 Å². The lowest BCUT2D eigenvalue weighted by Gasteiger charge is -2.20. The minimum Gasteiger partial charge on any atom is -0.391 e. The summed E-state index contributed by atoms with van der Waals surface area (Å²) in [6, 6.07) is 9.56. The van der Waals surface area contributed by atoms with E-state index in [1.165, 1.54) is 5.56 Å². The van der Waals surface area contributed by atoms with Gasteiger partial charge in [-0.15, -0.1) is 0 Å². The van der Waals surface area contributed by atoms with Gasteiger partial charge in [-0.1, -0.05) is 30.3 Å². The number of nitrogens with zero attached hydrogens (tertiary/aromatic N) is 1. The number of aliphatic hydroxyl groups is 1. The van der Waals surface area contributed by atoms with Crippen LogP contribution in [0.3, 0.4) is 0 Å². The van der Waals surface area contributed by atoms with Crippen molar-refractivity contribution in [1.29, 1.82) is 0 Å². The van der Waals surface area contributed by atoms with Gasteiger partial charge < -0.3 is 15.7 Å². The van der Waals surface area contributed by atoms with E-state index in [1.54, 1.807) is 4.90 Å². The van der Waals surface area contributed by atoms with Crippen LogP contribution in [0.4, 0.5) is 0 Å². The summed E-state index contributed by atoms with van der Waals surface area (Å²) < 4.78 is 0. The Morgan fingerprint density at radius 2 is 2.17 bits per heavy atom. The highest BCUT2D eigenvalue weighted by molar-refractivity contribution is 5.81. The molecule has 1 saturated heterocycles. The molecule has 2 atom stereocenters. The molecule has 1 fully saturated rings. The van der Waals surface area contributed by atoms with Gasteiger partial charge in [0.2, 0.25) is 5.91 Å². The Bertz CT molecular complexity index is 394. The number of aryl methyl sites for hydroxylation is 1. The van der Waals surface area contributed by atoms with Crippen LogP contribution in [0, 0.1) is 0 Å². The van der Waals surface area contributed by atoms with Crippen molar-refractivity contribution in [3.05, 3.63) is 35.9 Å². The van der Waals surface area contributed by atoms with Gasteiger partial charge in [0, 0.05) is 13.1 Å². The number of aliphatic hydroxyl groups excluding tert-OH is 1. The Morgan fingerprint density at radius 3 is 2.78 bits per heavy atom. The Balaban J connectivity index is 1.81. The predicted molar refractivity (Wildman–Crippen MR) is 69.9 cm³/mol. The summed E-state index contributed by atoms with van der Waals surface area (Å²) in [4.78, 5) is 13.7. The molecule has 98 valence electrons. The fraction of sp³-hybridized carbons (Fsp3) is 0.500. The molecule has 2 rings (SSSR count). The maximum absolute atomic E-state index is 12.0. The number of nitrogens with two attached hydrogens (primary N) is 1. The highest BCUT2D eigenvalue weighted by Crippen LogP contribution is 2.12. The number of benzene rings is 1. The summed E-state index contributed by atoms with van der Waals surface area (Å²) >= 11 is 0. The molecule has 0 aliphatic carbocycles. The Labute approximate surface area is 107 Å². The minimum absolute atomic E-state index is 0.0394. The zero-order valence-corrected chi connectivity index (χ0v) is 10.5. The highest BCUT2D eigenvalue weighted by Gasteiger charge is 2.27. The number of amides is 1. The molecule has 18 heavy (non-hydrogen) atoms. The van der Waals surface area contributed by atoms with Crippen LogP contribution in [0.5, 0.6) is 0 Å². The predicted octanol–water partition coefficient (Wildman–Crippen LogP) is 0.540. The molecule has 1 aliphatic heterocycles. The van der Waals surface area contributed by atoms with Crippen molar-refractivity contribution in [2.24, 2.45) is 5.73 Å². The van der Waals surface area contributed by atoms with Crippen molar-refractivity contribution in [3.8, 4) is 0 Å². The lowest BCUT2D eigenvalue weighted by Crippen LogP contribution is -2.43. The third-order valence-corrected chi connectivity index (χ3v) is 3.38. The standard InChI is InChI=1S/C14H20N2O2/c15-13(7-6-11-4-2-1-3-5-11)14(18)16-9-8-12(17)10-16/h1-5,12-13,17H,6-10,15H2/t12?,13-/m0/s1. The smallest absolute Gasteiger partial charge is 0.239 e. The number of rotatable bonds is 4. The van der Waals surface area contributed by atoms with E-state index in [0.717, 1.165) is 6.42 Å². The van der Waals surface area contributed by atoms with E-state index in [2.05, 4.69) is 0 Å². The average molecular weight is 248 g/mol. The molecular formula is C14H20N2O2. The largest absolute Gasteiger partial charge is 0.391 e. The Kier molecular flexibility index (Phi) is 4.33. The second-order valence-corrected chi connectivity index (χ2v) is 4.86. The van der Waals surface area contributed by atoms with E-state index in [1.807, 2.05) is 30.3 Å². The first-order valence-electron chi connectivity index (χ1n) is 6.43. The zero-order chi connectivity index (χ0) is 13.0. The first-order chi connectivity index (χ1) is 8.66. The van der Waals surface area contributed by atoms with Gasteiger partial charge in [0.25, 0.3) is 0 Å². The lowest BCUT2D eigenvalue weighted by atomic mass is 10.1. The lowest BCUT2D eigenvalue weighted by molar-refractivity contribution is -0.132. The maximum atomic E-state index is 12.0. The van der Waals surface area contributed by atoms with Crippen LogP contribution in [0.15, 0.2) is 30.3 Å². The average Bonchev–Trinajstić information content (AvgIpc) is 2.83. The number of carbonyl (C=O) groups excluding carboxylic acids is 1. The van der Waals surface area contributed by atoms with Crippen LogP contribution >= 0.6 is 0 Å². The van der Waals surface area contributed by atoms with Crippen molar-refractivity contribution in [1.82, 2.24) is 4.90 Å². The van der Waals surface area contributed by atoms with E-state index < -0.39 is 6.04 Å². The third kappa shape index (κ3) is 3.31. The van der Waals surface area contributed by atoms with Gasteiger partial charge in [0.1, 0.15) is 0 Å². The van der Waals surface area contributed by atoms with Crippen molar-refractivity contribution >= 4 is 5.91 Å². The highest BCUT2D eigenvalue weighted by atomic mass is 16.3. The first-order valence-corrected chi connectivity index (χ1v) is 6.43. The van der Waals surface area contributed by atoms with Crippen LogP contribution in [-0.2, 0) is 11.2 Å². The van der Waals surface area contributed by atoms with E-state index in [4.69, 9.17) is 5.73 Å². The molecule has 0 radical (unpaired) electrons. The summed E-state index contributed by atoms with van der Waals surface area (Å²) in [5.41, 5.74) is 7.11. The zero-order valence-electron chi connectivity index (χ0n) is 10.5. The van der Waals surface area contributed by atoms with E-state index in [9.17, 15) is 9.90 Å². The van der Waals surface area contributed by atoms with Crippen LogP contribution in [0.1, 0.15) is 18.4 Å². The molecule has 1 aromatic carbocycles. The van der Waals surface area contributed by atoms with Crippen molar-refractivity contribution in [3.63, 3.8) is 0 Å². The molecule has 1 heterocycles. The van der Waals surface area contributed by atoms with E-state index in [-0.39, 0.29) is 12.0 Å². The molecule has 4 nitrogen and oxygen atoms in total. The Morgan fingerprint density at radius 1 is 1.44 bits per heavy atom. The first kappa shape index (κ1) is 13.1. The summed E-state index contributed by atoms with van der Waals surface area (Å²) in [6.45, 7) is 1.05. The number of likely N-dealkylation sites (tertiary alicyclic amines) is 1. The number of hydrogen-bond donors (Lipinski definition) is 2. The van der Waals surface area contributed by atoms with Crippen molar-refractivity contribution in [2.75, 3.05) is 13.1 Å². The molecule has 0 bridgehead atoms. The summed E-state index contributed by atoms with van der Waals surface area (Å²) in [5.74, 6) is -0.0394.